The van der Waals surface area contributed by atoms with Gasteiger partial charge < -0.3 is 20.1 Å². The minimum atomic E-state index is -3.48. The van der Waals surface area contributed by atoms with Gasteiger partial charge in [0.1, 0.15) is 12.3 Å². The third-order valence-corrected chi connectivity index (χ3v) is 5.80. The molecule has 2 N–H and O–H groups in total. The molecule has 8 nitrogen and oxygen atoms in total. The highest BCUT2D eigenvalue weighted by Gasteiger charge is 2.25. The van der Waals surface area contributed by atoms with Gasteiger partial charge in [0.25, 0.3) is 0 Å². The molecule has 0 saturated heterocycles. The summed E-state index contributed by atoms with van der Waals surface area (Å²) < 4.78 is 29.1. The lowest BCUT2D eigenvalue weighted by Gasteiger charge is -2.29. The van der Waals surface area contributed by atoms with Crippen LogP contribution < -0.4 is 15.0 Å². The molecule has 0 aromatic heterocycles. The van der Waals surface area contributed by atoms with Gasteiger partial charge in [0.2, 0.25) is 5.91 Å². The van der Waals surface area contributed by atoms with Gasteiger partial charge in [0.15, 0.2) is 15.6 Å². The molecule has 0 saturated carbocycles. The van der Waals surface area contributed by atoms with Gasteiger partial charge >= 0.3 is 5.97 Å². The number of nitrogens with one attached hydrogen (secondary N) is 1. The third-order valence-electron chi connectivity index (χ3n) is 4.07. The number of esters is 1. The number of fused-ring (bicyclic) bond motifs is 1. The first-order chi connectivity index (χ1) is 12.8. The predicted molar refractivity (Wildman–Crippen MR) is 98.8 cm³/mol. The first-order valence-electron chi connectivity index (χ1n) is 8.20. The number of phenols is 1. The molecule has 0 bridgehead atoms. The molecule has 0 aliphatic carbocycles. The number of carbonyl (C=O) groups is 2. The minimum Gasteiger partial charge on any atom is -0.506 e. The Labute approximate surface area is 156 Å². The monoisotopic (exact) mass is 390 g/mol. The number of nitrogens with zero attached hydrogens (tertiary/aromatic N) is 1. The molecule has 1 amide bonds. The maximum Gasteiger partial charge on any atom is 0.331 e. The molecular weight excluding hydrogens is 372 g/mol. The van der Waals surface area contributed by atoms with E-state index in [0.29, 0.717) is 11.4 Å². The van der Waals surface area contributed by atoms with E-state index >= 15 is 0 Å². The van der Waals surface area contributed by atoms with Crippen molar-refractivity contribution < 1.29 is 27.9 Å². The number of aromatic hydroxyl groups is 1. The van der Waals surface area contributed by atoms with Crippen molar-refractivity contribution in [1.82, 2.24) is 0 Å². The summed E-state index contributed by atoms with van der Waals surface area (Å²) in [6.07, 6.45) is 0. The fourth-order valence-corrected chi connectivity index (χ4v) is 3.59. The van der Waals surface area contributed by atoms with E-state index in [-0.39, 0.29) is 35.2 Å². The molecule has 2 aromatic rings. The highest BCUT2D eigenvalue weighted by molar-refractivity contribution is 7.91. The van der Waals surface area contributed by atoms with E-state index in [9.17, 15) is 23.1 Å². The van der Waals surface area contributed by atoms with Crippen molar-refractivity contribution in [2.75, 3.05) is 29.1 Å². The fraction of sp³-hybridized carbons (Fsp3) is 0.222. The molecule has 3 rings (SSSR count). The number of benzene rings is 2. The maximum absolute atomic E-state index is 12.4. The van der Waals surface area contributed by atoms with Crippen LogP contribution in [0.4, 0.5) is 11.4 Å². The van der Waals surface area contributed by atoms with Crippen molar-refractivity contribution >= 4 is 33.1 Å². The number of phenolic OH excluding ortho intramolecular Hbond substituents is 1. The molecule has 0 fully saturated rings. The van der Waals surface area contributed by atoms with E-state index in [2.05, 4.69) is 5.32 Å². The van der Waals surface area contributed by atoms with Gasteiger partial charge in [-0.3, -0.25) is 4.79 Å². The summed E-state index contributed by atoms with van der Waals surface area (Å²) in [5, 5.41) is 12.4. The third kappa shape index (κ3) is 4.03. The zero-order valence-corrected chi connectivity index (χ0v) is 15.3. The zero-order valence-electron chi connectivity index (χ0n) is 14.5. The topological polar surface area (TPSA) is 113 Å². The number of amides is 1. The van der Waals surface area contributed by atoms with Crippen LogP contribution in [0.2, 0.25) is 0 Å². The van der Waals surface area contributed by atoms with Gasteiger partial charge in [0, 0.05) is 0 Å². The molecule has 0 atom stereocenters. The Morgan fingerprint density at radius 1 is 1.26 bits per heavy atom. The average Bonchev–Trinajstić information content (AvgIpc) is 2.63. The van der Waals surface area contributed by atoms with Gasteiger partial charge in [-0.25, -0.2) is 13.2 Å². The first kappa shape index (κ1) is 18.7. The number of anilines is 2. The number of hydrogen-bond donors (Lipinski definition) is 2. The summed E-state index contributed by atoms with van der Waals surface area (Å²) in [6, 6.07) is 10.5. The molecule has 142 valence electrons. The summed E-state index contributed by atoms with van der Waals surface area (Å²) in [7, 11) is -3.48. The second-order valence-corrected chi connectivity index (χ2v) is 8.21. The summed E-state index contributed by atoms with van der Waals surface area (Å²) in [4.78, 5) is 25.7. The second-order valence-electron chi connectivity index (χ2n) is 5.93. The largest absolute Gasteiger partial charge is 0.506 e. The number of rotatable bonds is 5. The number of hydrogen-bond acceptors (Lipinski definition) is 7. The quantitative estimate of drug-likeness (QED) is 0.452. The highest BCUT2D eigenvalue weighted by Crippen LogP contribution is 2.31. The van der Waals surface area contributed by atoms with Gasteiger partial charge in [-0.05, 0) is 30.3 Å². The molecule has 9 heteroatoms. The van der Waals surface area contributed by atoms with E-state index < -0.39 is 21.7 Å². The van der Waals surface area contributed by atoms with E-state index in [1.54, 1.807) is 29.2 Å². The molecule has 0 radical (unpaired) electrons. The van der Waals surface area contributed by atoms with Gasteiger partial charge in [-0.1, -0.05) is 19.1 Å². The van der Waals surface area contributed by atoms with Gasteiger partial charge in [0.05, 0.1) is 28.6 Å². The standard InChI is InChI=1S/C18H18N2O6S/c1-2-27(24,25)12-7-8-15(21)13(9-12)19-17(22)10-20-11-18(23)26-16-6-4-3-5-14(16)20/h3-9,21H,2,10-11H2,1H3,(H,19,22). The van der Waals surface area contributed by atoms with Crippen molar-refractivity contribution in [3.63, 3.8) is 0 Å². The Bertz CT molecular complexity index is 1000. The van der Waals surface area contributed by atoms with E-state index in [0.717, 1.165) is 0 Å². The van der Waals surface area contributed by atoms with Crippen LogP contribution in [-0.2, 0) is 19.4 Å². The Morgan fingerprint density at radius 3 is 2.74 bits per heavy atom. The molecule has 0 spiro atoms. The van der Waals surface area contributed by atoms with Crippen molar-refractivity contribution in [3.8, 4) is 11.5 Å². The number of ether oxygens (including phenoxy) is 1. The van der Waals surface area contributed by atoms with Crippen LogP contribution >= 0.6 is 0 Å². The smallest absolute Gasteiger partial charge is 0.331 e. The van der Waals surface area contributed by atoms with Crippen LogP contribution in [0, 0.1) is 0 Å². The molecule has 1 heterocycles. The van der Waals surface area contributed by atoms with Crippen LogP contribution in [0.1, 0.15) is 6.92 Å². The van der Waals surface area contributed by atoms with Crippen LogP contribution in [0.25, 0.3) is 0 Å². The molecular formula is C18H18N2O6S. The van der Waals surface area contributed by atoms with E-state index in [1.807, 2.05) is 0 Å². The van der Waals surface area contributed by atoms with Crippen LogP contribution in [0.5, 0.6) is 11.5 Å². The van der Waals surface area contributed by atoms with Crippen molar-refractivity contribution in [1.29, 1.82) is 0 Å². The zero-order chi connectivity index (χ0) is 19.6. The minimum absolute atomic E-state index is 0.00463. The maximum atomic E-state index is 12.4. The Morgan fingerprint density at radius 2 is 2.00 bits per heavy atom. The molecule has 1 aliphatic heterocycles. The Hall–Kier alpha value is -3.07. The Balaban J connectivity index is 1.79. The summed E-state index contributed by atoms with van der Waals surface area (Å²) in [5.74, 6) is -0.990. The number of carbonyl (C=O) groups excluding carboxylic acids is 2. The van der Waals surface area contributed by atoms with Gasteiger partial charge in [-0.2, -0.15) is 0 Å². The number of para-hydroxylation sites is 2. The lowest BCUT2D eigenvalue weighted by molar-refractivity contribution is -0.133. The Kier molecular flexibility index (Phi) is 5.04. The summed E-state index contributed by atoms with van der Waals surface area (Å²) >= 11 is 0. The highest BCUT2D eigenvalue weighted by atomic mass is 32.2. The summed E-state index contributed by atoms with van der Waals surface area (Å²) in [5.41, 5.74) is 0.584. The second kappa shape index (κ2) is 7.28. The van der Waals surface area contributed by atoms with Crippen LogP contribution in [0.15, 0.2) is 47.4 Å². The molecule has 27 heavy (non-hydrogen) atoms. The lowest BCUT2D eigenvalue weighted by atomic mass is 10.2. The van der Waals surface area contributed by atoms with Crippen molar-refractivity contribution in [3.05, 3.63) is 42.5 Å². The van der Waals surface area contributed by atoms with E-state index in [1.165, 1.54) is 25.1 Å². The average molecular weight is 390 g/mol. The molecule has 0 unspecified atom stereocenters. The van der Waals surface area contributed by atoms with E-state index in [4.69, 9.17) is 4.74 Å². The molecule has 2 aromatic carbocycles. The fourth-order valence-electron chi connectivity index (χ4n) is 2.68. The normalized spacial score (nSPS) is 13.7. The number of sulfone groups is 1. The van der Waals surface area contributed by atoms with Crippen LogP contribution in [-0.4, -0.2) is 44.2 Å². The SMILES string of the molecule is CCS(=O)(=O)c1ccc(O)c(NC(=O)CN2CC(=O)Oc3ccccc32)c1. The molecule has 1 aliphatic rings. The summed E-state index contributed by atoms with van der Waals surface area (Å²) in [6.45, 7) is 1.24. The first-order valence-corrected chi connectivity index (χ1v) is 9.85. The van der Waals surface area contributed by atoms with Crippen molar-refractivity contribution in [2.45, 2.75) is 11.8 Å². The lowest BCUT2D eigenvalue weighted by Crippen LogP contribution is -2.41. The van der Waals surface area contributed by atoms with Crippen molar-refractivity contribution in [2.24, 2.45) is 0 Å². The predicted octanol–water partition coefficient (Wildman–Crippen LogP) is 1.55. The van der Waals surface area contributed by atoms with Gasteiger partial charge in [-0.15, -0.1) is 0 Å². The van der Waals surface area contributed by atoms with Crippen LogP contribution in [0.3, 0.4) is 0 Å².